The van der Waals surface area contributed by atoms with Gasteiger partial charge in [0, 0.05) is 6.54 Å². The third-order valence-electron chi connectivity index (χ3n) is 4.37. The number of aromatic nitrogens is 1. The van der Waals surface area contributed by atoms with Gasteiger partial charge in [0.2, 0.25) is 5.89 Å². The fourth-order valence-corrected chi connectivity index (χ4v) is 3.87. The maximum Gasteiger partial charge on any atom is 0.236 e. The highest BCUT2D eigenvalue weighted by atomic mass is 32.1. The monoisotopic (exact) mass is 360 g/mol. The molecule has 4 rings (SSSR count). The molecular formula is C22H20N2OS. The zero-order valence-corrected chi connectivity index (χ0v) is 15.4. The molecule has 0 saturated carbocycles. The van der Waals surface area contributed by atoms with Gasteiger partial charge in [-0.25, -0.2) is 4.98 Å². The molecule has 0 unspecified atom stereocenters. The van der Waals surface area contributed by atoms with Gasteiger partial charge in [-0.1, -0.05) is 66.7 Å². The molecule has 0 amide bonds. The van der Waals surface area contributed by atoms with Crippen molar-refractivity contribution in [3.63, 3.8) is 0 Å². The number of nitrogens with zero attached hydrogens (tertiary/aromatic N) is 2. The van der Waals surface area contributed by atoms with Gasteiger partial charge in [0.05, 0.1) is 16.6 Å². The van der Waals surface area contributed by atoms with Crippen LogP contribution in [0.5, 0.6) is 0 Å². The fourth-order valence-electron chi connectivity index (χ4n) is 3.21. The van der Waals surface area contributed by atoms with Gasteiger partial charge >= 0.3 is 0 Å². The van der Waals surface area contributed by atoms with E-state index >= 15 is 0 Å². The molecule has 0 N–H and O–H groups in total. The highest BCUT2D eigenvalue weighted by molar-refractivity contribution is 7.13. The molecular weight excluding hydrogens is 340 g/mol. The van der Waals surface area contributed by atoms with E-state index in [2.05, 4.69) is 77.6 Å². The molecule has 4 heteroatoms. The molecule has 4 aromatic rings. The topological polar surface area (TPSA) is 29.3 Å². The van der Waals surface area contributed by atoms with Crippen LogP contribution in [0.25, 0.3) is 10.8 Å². The fraction of sp³-hybridized carbons (Fsp3) is 0.136. The molecule has 2 aromatic carbocycles. The molecule has 26 heavy (non-hydrogen) atoms. The van der Waals surface area contributed by atoms with E-state index in [-0.39, 0.29) is 6.04 Å². The van der Waals surface area contributed by atoms with Gasteiger partial charge in [0.15, 0.2) is 0 Å². The summed E-state index contributed by atoms with van der Waals surface area (Å²) in [5.74, 6) is 0.694. The van der Waals surface area contributed by atoms with Crippen LogP contribution >= 0.6 is 11.3 Å². The first kappa shape index (κ1) is 16.8. The van der Waals surface area contributed by atoms with E-state index < -0.39 is 0 Å². The van der Waals surface area contributed by atoms with E-state index in [1.165, 1.54) is 11.1 Å². The minimum absolute atomic E-state index is 0.166. The van der Waals surface area contributed by atoms with Gasteiger partial charge in [0.25, 0.3) is 0 Å². The third-order valence-corrected chi connectivity index (χ3v) is 5.22. The van der Waals surface area contributed by atoms with Crippen LogP contribution in [-0.4, -0.2) is 16.9 Å². The minimum Gasteiger partial charge on any atom is -0.444 e. The molecule has 0 atom stereocenters. The Labute approximate surface area is 157 Å². The number of oxazole rings is 1. The second kappa shape index (κ2) is 7.68. The van der Waals surface area contributed by atoms with Crippen molar-refractivity contribution in [1.29, 1.82) is 0 Å². The first-order chi connectivity index (χ1) is 12.8. The molecule has 3 nitrogen and oxygen atoms in total. The number of hydrogen-bond donors (Lipinski definition) is 0. The summed E-state index contributed by atoms with van der Waals surface area (Å²) in [6.45, 7) is 0.712. The molecule has 0 bridgehead atoms. The number of benzene rings is 2. The normalized spacial score (nSPS) is 11.3. The maximum atomic E-state index is 5.67. The standard InChI is InChI=1S/C22H20N2OS/c1-24(15-19-16-25-22(23-19)20-13-8-14-26-20)21(17-9-4-2-5-10-17)18-11-6-3-7-12-18/h2-14,16,21H,15H2,1H3. The van der Waals surface area contributed by atoms with Crippen LogP contribution < -0.4 is 0 Å². The van der Waals surface area contributed by atoms with Crippen molar-refractivity contribution < 1.29 is 4.42 Å². The summed E-state index contributed by atoms with van der Waals surface area (Å²) < 4.78 is 5.67. The predicted octanol–water partition coefficient (Wildman–Crippen LogP) is 5.62. The Hall–Kier alpha value is -2.69. The highest BCUT2D eigenvalue weighted by Crippen LogP contribution is 2.29. The van der Waals surface area contributed by atoms with E-state index in [1.807, 2.05) is 17.5 Å². The molecule has 0 radical (unpaired) electrons. The Bertz CT molecular complexity index is 893. The molecule has 0 aliphatic rings. The van der Waals surface area contributed by atoms with Crippen LogP contribution in [0.3, 0.4) is 0 Å². The van der Waals surface area contributed by atoms with E-state index in [4.69, 9.17) is 4.42 Å². The number of hydrogen-bond acceptors (Lipinski definition) is 4. The predicted molar refractivity (Wildman–Crippen MR) is 106 cm³/mol. The molecule has 0 spiro atoms. The SMILES string of the molecule is CN(Cc1coc(-c2cccs2)n1)C(c1ccccc1)c1ccccc1. The lowest BCUT2D eigenvalue weighted by atomic mass is 9.97. The average molecular weight is 360 g/mol. The lowest BCUT2D eigenvalue weighted by Crippen LogP contribution is -2.25. The smallest absolute Gasteiger partial charge is 0.236 e. The van der Waals surface area contributed by atoms with Crippen molar-refractivity contribution >= 4 is 11.3 Å². The molecule has 0 aliphatic carbocycles. The Balaban J connectivity index is 1.60. The van der Waals surface area contributed by atoms with Gasteiger partial charge in [-0.3, -0.25) is 4.90 Å². The molecule has 0 aliphatic heterocycles. The van der Waals surface area contributed by atoms with Crippen LogP contribution in [0.1, 0.15) is 22.9 Å². The van der Waals surface area contributed by atoms with Crippen LogP contribution in [-0.2, 0) is 6.54 Å². The van der Waals surface area contributed by atoms with Gasteiger partial charge < -0.3 is 4.42 Å². The van der Waals surface area contributed by atoms with Crippen molar-refractivity contribution in [2.45, 2.75) is 12.6 Å². The van der Waals surface area contributed by atoms with Crippen LogP contribution in [0, 0.1) is 0 Å². The van der Waals surface area contributed by atoms with E-state index in [0.29, 0.717) is 12.4 Å². The lowest BCUT2D eigenvalue weighted by molar-refractivity contribution is 0.267. The molecule has 0 saturated heterocycles. The van der Waals surface area contributed by atoms with E-state index in [1.54, 1.807) is 17.6 Å². The number of thiophene rings is 1. The molecule has 130 valence electrons. The van der Waals surface area contributed by atoms with Gasteiger partial charge in [0.1, 0.15) is 6.26 Å². The van der Waals surface area contributed by atoms with Gasteiger partial charge in [-0.15, -0.1) is 11.3 Å². The maximum absolute atomic E-state index is 5.67. The summed E-state index contributed by atoms with van der Waals surface area (Å²) in [5, 5.41) is 2.03. The second-order valence-corrected chi connectivity index (χ2v) is 7.21. The van der Waals surface area contributed by atoms with Gasteiger partial charge in [-0.2, -0.15) is 0 Å². The summed E-state index contributed by atoms with van der Waals surface area (Å²) >= 11 is 1.64. The van der Waals surface area contributed by atoms with Crippen molar-refractivity contribution in [3.8, 4) is 10.8 Å². The quantitative estimate of drug-likeness (QED) is 0.446. The van der Waals surface area contributed by atoms with E-state index in [0.717, 1.165) is 10.6 Å². The summed E-state index contributed by atoms with van der Waals surface area (Å²) in [6.07, 6.45) is 1.76. The average Bonchev–Trinajstić information content (AvgIpc) is 3.35. The highest BCUT2D eigenvalue weighted by Gasteiger charge is 2.20. The zero-order chi connectivity index (χ0) is 17.8. The molecule has 0 fully saturated rings. The summed E-state index contributed by atoms with van der Waals surface area (Å²) in [4.78, 5) is 8.03. The van der Waals surface area contributed by atoms with Gasteiger partial charge in [-0.05, 0) is 29.6 Å². The molecule has 2 aromatic heterocycles. The first-order valence-electron chi connectivity index (χ1n) is 8.59. The Morgan fingerprint density at radius 1 is 0.923 bits per heavy atom. The summed E-state index contributed by atoms with van der Waals surface area (Å²) in [7, 11) is 2.13. The third kappa shape index (κ3) is 3.62. The van der Waals surface area contributed by atoms with Crippen molar-refractivity contribution in [3.05, 3.63) is 101 Å². The zero-order valence-electron chi connectivity index (χ0n) is 14.6. The Morgan fingerprint density at radius 2 is 1.58 bits per heavy atom. The number of rotatable bonds is 6. The Kier molecular flexibility index (Phi) is 4.95. The second-order valence-electron chi connectivity index (χ2n) is 6.26. The van der Waals surface area contributed by atoms with Crippen molar-refractivity contribution in [2.24, 2.45) is 0 Å². The minimum atomic E-state index is 0.166. The van der Waals surface area contributed by atoms with E-state index in [9.17, 15) is 0 Å². The summed E-state index contributed by atoms with van der Waals surface area (Å²) in [5.41, 5.74) is 3.47. The van der Waals surface area contributed by atoms with Crippen LogP contribution in [0.2, 0.25) is 0 Å². The Morgan fingerprint density at radius 3 is 2.15 bits per heavy atom. The first-order valence-corrected chi connectivity index (χ1v) is 9.47. The molecule has 2 heterocycles. The largest absolute Gasteiger partial charge is 0.444 e. The van der Waals surface area contributed by atoms with Crippen LogP contribution in [0.15, 0.2) is 88.9 Å². The van der Waals surface area contributed by atoms with Crippen molar-refractivity contribution in [2.75, 3.05) is 7.05 Å². The lowest BCUT2D eigenvalue weighted by Gasteiger charge is -2.28. The van der Waals surface area contributed by atoms with Crippen LogP contribution in [0.4, 0.5) is 0 Å². The summed E-state index contributed by atoms with van der Waals surface area (Å²) in [6, 6.07) is 25.4. The van der Waals surface area contributed by atoms with Crippen molar-refractivity contribution in [1.82, 2.24) is 9.88 Å².